The first-order chi connectivity index (χ1) is 12.0. The van der Waals surface area contributed by atoms with Crippen molar-refractivity contribution in [3.8, 4) is 5.75 Å². The number of hydrogen-bond donors (Lipinski definition) is 1. The van der Waals surface area contributed by atoms with Crippen molar-refractivity contribution >= 4 is 11.6 Å². The van der Waals surface area contributed by atoms with E-state index < -0.39 is 4.92 Å². The lowest BCUT2D eigenvalue weighted by Gasteiger charge is -2.33. The molecule has 1 N–H and O–H groups in total. The zero-order valence-corrected chi connectivity index (χ0v) is 15.0. The summed E-state index contributed by atoms with van der Waals surface area (Å²) >= 11 is 0. The maximum Gasteiger partial charge on any atom is 0.311 e. The zero-order valence-electron chi connectivity index (χ0n) is 15.0. The number of carbonyl (C=O) groups excluding carboxylic acids is 1. The van der Waals surface area contributed by atoms with Crippen LogP contribution in [0.15, 0.2) is 18.2 Å². The van der Waals surface area contributed by atoms with Crippen molar-refractivity contribution in [1.82, 2.24) is 10.2 Å². The van der Waals surface area contributed by atoms with Gasteiger partial charge >= 0.3 is 5.69 Å². The fourth-order valence-electron chi connectivity index (χ4n) is 3.15. The summed E-state index contributed by atoms with van der Waals surface area (Å²) < 4.78 is 5.23. The van der Waals surface area contributed by atoms with Gasteiger partial charge in [-0.1, -0.05) is 6.42 Å². The Kier molecular flexibility index (Phi) is 7.18. The molecule has 1 aliphatic rings. The maximum atomic E-state index is 12.2. The summed E-state index contributed by atoms with van der Waals surface area (Å²) in [5, 5.41) is 14.0. The Hall–Kier alpha value is -2.15. The third-order valence-electron chi connectivity index (χ3n) is 4.57. The molecule has 0 saturated carbocycles. The number of nitro benzene ring substituents is 1. The van der Waals surface area contributed by atoms with Crippen LogP contribution in [0.1, 0.15) is 49.9 Å². The molecule has 1 aliphatic heterocycles. The highest BCUT2D eigenvalue weighted by Crippen LogP contribution is 2.27. The molecule has 25 heavy (non-hydrogen) atoms. The molecule has 0 aromatic heterocycles. The van der Waals surface area contributed by atoms with Gasteiger partial charge in [-0.15, -0.1) is 0 Å². The van der Waals surface area contributed by atoms with Crippen LogP contribution in [0.2, 0.25) is 0 Å². The summed E-state index contributed by atoms with van der Waals surface area (Å²) in [4.78, 5) is 25.3. The second-order valence-corrected chi connectivity index (χ2v) is 6.36. The fraction of sp³-hybridized carbons (Fsp3) is 0.611. The van der Waals surface area contributed by atoms with Crippen LogP contribution in [-0.2, 0) is 0 Å². The van der Waals surface area contributed by atoms with Gasteiger partial charge in [0.2, 0.25) is 0 Å². The minimum absolute atomic E-state index is 0.183. The van der Waals surface area contributed by atoms with Crippen LogP contribution in [-0.4, -0.2) is 48.0 Å². The predicted molar refractivity (Wildman–Crippen MR) is 96.1 cm³/mol. The van der Waals surface area contributed by atoms with Crippen molar-refractivity contribution in [2.75, 3.05) is 26.2 Å². The summed E-state index contributed by atoms with van der Waals surface area (Å²) in [6.07, 6.45) is 4.65. The summed E-state index contributed by atoms with van der Waals surface area (Å²) in [7, 11) is 0. The normalized spacial score (nSPS) is 17.9. The Morgan fingerprint density at radius 1 is 1.44 bits per heavy atom. The molecule has 1 atom stereocenters. The minimum atomic E-state index is -0.528. The number of nitrogens with one attached hydrogen (secondary N) is 1. The minimum Gasteiger partial charge on any atom is -0.487 e. The number of likely N-dealkylation sites (tertiary alicyclic amines) is 1. The first-order valence-corrected chi connectivity index (χ1v) is 8.96. The Balaban J connectivity index is 1.85. The number of nitro groups is 1. The monoisotopic (exact) mass is 349 g/mol. The van der Waals surface area contributed by atoms with Crippen LogP contribution >= 0.6 is 0 Å². The van der Waals surface area contributed by atoms with Gasteiger partial charge in [0.05, 0.1) is 11.5 Å². The van der Waals surface area contributed by atoms with E-state index in [-0.39, 0.29) is 22.9 Å². The second-order valence-electron chi connectivity index (χ2n) is 6.36. The highest BCUT2D eigenvalue weighted by atomic mass is 16.6. The van der Waals surface area contributed by atoms with E-state index in [1.807, 2.05) is 0 Å². The molecule has 1 heterocycles. The van der Waals surface area contributed by atoms with Crippen LogP contribution in [0.3, 0.4) is 0 Å². The van der Waals surface area contributed by atoms with Gasteiger partial charge in [0, 0.05) is 30.8 Å². The van der Waals surface area contributed by atoms with E-state index in [1.54, 1.807) is 13.0 Å². The summed E-state index contributed by atoms with van der Waals surface area (Å²) in [5.41, 5.74) is 0.0955. The Labute approximate surface area is 148 Å². The first-order valence-electron chi connectivity index (χ1n) is 8.96. The van der Waals surface area contributed by atoms with Gasteiger partial charge in [-0.05, 0) is 51.8 Å². The summed E-state index contributed by atoms with van der Waals surface area (Å²) in [5.74, 6) is -0.110. The molecule has 0 radical (unpaired) electrons. The molecule has 1 fully saturated rings. The van der Waals surface area contributed by atoms with Crippen molar-refractivity contribution in [1.29, 1.82) is 0 Å². The van der Waals surface area contributed by atoms with E-state index in [0.29, 0.717) is 19.2 Å². The lowest BCUT2D eigenvalue weighted by Crippen LogP contribution is -2.39. The van der Waals surface area contributed by atoms with E-state index in [0.717, 1.165) is 19.5 Å². The van der Waals surface area contributed by atoms with Gasteiger partial charge in [-0.3, -0.25) is 14.9 Å². The highest BCUT2D eigenvalue weighted by molar-refractivity contribution is 5.95. The molecule has 0 aliphatic carbocycles. The standard InChI is InChI=1S/C18H27N3O4/c1-3-25-17-9-8-15(13-16(17)21(23)24)18(22)19-10-6-12-20-11-5-4-7-14(20)2/h8-9,13-14H,3-7,10-12H2,1-2H3,(H,19,22)/t14-/m0/s1. The van der Waals surface area contributed by atoms with Gasteiger partial charge < -0.3 is 15.0 Å². The Bertz CT molecular complexity index is 606. The van der Waals surface area contributed by atoms with E-state index in [9.17, 15) is 14.9 Å². The largest absolute Gasteiger partial charge is 0.487 e. The Morgan fingerprint density at radius 2 is 2.24 bits per heavy atom. The number of ether oxygens (including phenoxy) is 1. The number of amides is 1. The summed E-state index contributed by atoms with van der Waals surface area (Å²) in [6, 6.07) is 4.91. The number of rotatable bonds is 8. The lowest BCUT2D eigenvalue weighted by molar-refractivity contribution is -0.385. The number of nitrogens with zero attached hydrogens (tertiary/aromatic N) is 2. The summed E-state index contributed by atoms with van der Waals surface area (Å²) in [6.45, 7) is 6.99. The van der Waals surface area contributed by atoms with Gasteiger partial charge in [0.15, 0.2) is 5.75 Å². The molecule has 1 aromatic rings. The highest BCUT2D eigenvalue weighted by Gasteiger charge is 2.19. The number of hydrogen-bond acceptors (Lipinski definition) is 5. The van der Waals surface area contributed by atoms with Gasteiger partial charge in [0.25, 0.3) is 5.91 Å². The molecule has 7 heteroatoms. The lowest BCUT2D eigenvalue weighted by atomic mass is 10.0. The zero-order chi connectivity index (χ0) is 18.2. The number of piperidine rings is 1. The third-order valence-corrected chi connectivity index (χ3v) is 4.57. The van der Waals surface area contributed by atoms with Crippen LogP contribution in [0.4, 0.5) is 5.69 Å². The maximum absolute atomic E-state index is 12.2. The van der Waals surface area contributed by atoms with Crippen LogP contribution in [0, 0.1) is 10.1 Å². The van der Waals surface area contributed by atoms with E-state index in [2.05, 4.69) is 17.1 Å². The van der Waals surface area contributed by atoms with Crippen LogP contribution in [0.25, 0.3) is 0 Å². The van der Waals surface area contributed by atoms with E-state index >= 15 is 0 Å². The van der Waals surface area contributed by atoms with Crippen molar-refractivity contribution in [3.63, 3.8) is 0 Å². The number of carbonyl (C=O) groups is 1. The van der Waals surface area contributed by atoms with Crippen molar-refractivity contribution in [2.45, 2.75) is 45.6 Å². The molecule has 1 saturated heterocycles. The molecular formula is C18H27N3O4. The third kappa shape index (κ3) is 5.42. The molecule has 0 bridgehead atoms. The molecule has 2 rings (SSSR count). The van der Waals surface area contributed by atoms with Crippen molar-refractivity contribution in [2.24, 2.45) is 0 Å². The van der Waals surface area contributed by atoms with Crippen LogP contribution in [0.5, 0.6) is 5.75 Å². The molecule has 1 amide bonds. The molecule has 7 nitrogen and oxygen atoms in total. The quantitative estimate of drug-likeness (QED) is 0.443. The molecule has 0 spiro atoms. The molecular weight excluding hydrogens is 322 g/mol. The van der Waals surface area contributed by atoms with Gasteiger partial charge in [-0.2, -0.15) is 0 Å². The molecule has 138 valence electrons. The van der Waals surface area contributed by atoms with E-state index in [4.69, 9.17) is 4.74 Å². The predicted octanol–water partition coefficient (Wildman–Crippen LogP) is 2.99. The smallest absolute Gasteiger partial charge is 0.311 e. The average molecular weight is 349 g/mol. The average Bonchev–Trinajstić information content (AvgIpc) is 2.60. The fourth-order valence-corrected chi connectivity index (χ4v) is 3.15. The van der Waals surface area contributed by atoms with Crippen LogP contribution < -0.4 is 10.1 Å². The Morgan fingerprint density at radius 3 is 2.92 bits per heavy atom. The van der Waals surface area contributed by atoms with Gasteiger partial charge in [0.1, 0.15) is 0 Å². The topological polar surface area (TPSA) is 84.7 Å². The molecule has 1 aromatic carbocycles. The number of benzene rings is 1. The van der Waals surface area contributed by atoms with Crippen molar-refractivity contribution in [3.05, 3.63) is 33.9 Å². The second kappa shape index (κ2) is 9.36. The SMILES string of the molecule is CCOc1ccc(C(=O)NCCCN2CCCC[C@@H]2C)cc1[N+](=O)[O-]. The first kappa shape index (κ1) is 19.2. The van der Waals surface area contributed by atoms with Crippen molar-refractivity contribution < 1.29 is 14.5 Å². The van der Waals surface area contributed by atoms with E-state index in [1.165, 1.54) is 31.4 Å². The molecule has 0 unspecified atom stereocenters. The van der Waals surface area contributed by atoms with Gasteiger partial charge in [-0.25, -0.2) is 0 Å².